The second-order valence-corrected chi connectivity index (χ2v) is 10.3. The second kappa shape index (κ2) is 8.91. The summed E-state index contributed by atoms with van der Waals surface area (Å²) >= 11 is 1.56. The molecule has 4 rings (SSSR count). The Morgan fingerprint density at radius 3 is 2.74 bits per heavy atom. The van der Waals surface area contributed by atoms with Crippen molar-refractivity contribution in [1.29, 1.82) is 0 Å². The quantitative estimate of drug-likeness (QED) is 0.606. The third-order valence-electron chi connectivity index (χ3n) is 4.96. The summed E-state index contributed by atoms with van der Waals surface area (Å²) in [4.78, 5) is 17.1. The van der Waals surface area contributed by atoms with Crippen LogP contribution in [0.4, 0.5) is 5.69 Å². The molecule has 1 amide bonds. The fourth-order valence-electron chi connectivity index (χ4n) is 3.47. The van der Waals surface area contributed by atoms with Crippen LogP contribution in [0.25, 0.3) is 10.2 Å². The average Bonchev–Trinajstić information content (AvgIpc) is 3.13. The predicted octanol–water partition coefficient (Wildman–Crippen LogP) is 2.82. The summed E-state index contributed by atoms with van der Waals surface area (Å²) in [5.41, 5.74) is 2.16. The molecule has 1 N–H and O–H groups in total. The number of ether oxygens (including phenoxy) is 2. The van der Waals surface area contributed by atoms with Gasteiger partial charge in [-0.3, -0.25) is 4.79 Å². The minimum atomic E-state index is -3.75. The van der Waals surface area contributed by atoms with Gasteiger partial charge in [-0.1, -0.05) is 6.07 Å². The molecule has 1 saturated heterocycles. The van der Waals surface area contributed by atoms with E-state index >= 15 is 0 Å². The SMILES string of the molecule is COc1ccc(CC(=O)Nc2ccc3nc(C)sc3c2)cc1S(=O)(=O)N1CCOCC1. The first-order valence-electron chi connectivity index (χ1n) is 9.78. The lowest BCUT2D eigenvalue weighted by Gasteiger charge is -2.26. The van der Waals surface area contributed by atoms with Gasteiger partial charge in [0, 0.05) is 18.8 Å². The monoisotopic (exact) mass is 461 g/mol. The molecule has 164 valence electrons. The molecule has 0 radical (unpaired) electrons. The molecule has 0 saturated carbocycles. The molecule has 0 aliphatic carbocycles. The number of aromatic nitrogens is 1. The zero-order valence-corrected chi connectivity index (χ0v) is 18.9. The highest BCUT2D eigenvalue weighted by molar-refractivity contribution is 7.89. The number of rotatable bonds is 6. The molecule has 1 aromatic heterocycles. The number of benzene rings is 2. The zero-order valence-electron chi connectivity index (χ0n) is 17.3. The van der Waals surface area contributed by atoms with Gasteiger partial charge in [0.05, 0.1) is 42.0 Å². The first-order chi connectivity index (χ1) is 14.9. The summed E-state index contributed by atoms with van der Waals surface area (Å²) in [6, 6.07) is 10.4. The largest absolute Gasteiger partial charge is 0.495 e. The van der Waals surface area contributed by atoms with Gasteiger partial charge in [-0.2, -0.15) is 4.31 Å². The van der Waals surface area contributed by atoms with E-state index in [0.29, 0.717) is 24.5 Å². The summed E-state index contributed by atoms with van der Waals surface area (Å²) in [7, 11) is -2.32. The predicted molar refractivity (Wildman–Crippen MR) is 119 cm³/mol. The number of hydrogen-bond acceptors (Lipinski definition) is 7. The lowest BCUT2D eigenvalue weighted by Crippen LogP contribution is -2.40. The number of fused-ring (bicyclic) bond motifs is 1. The van der Waals surface area contributed by atoms with E-state index in [1.54, 1.807) is 23.5 Å². The van der Waals surface area contributed by atoms with Crippen LogP contribution < -0.4 is 10.1 Å². The van der Waals surface area contributed by atoms with Gasteiger partial charge < -0.3 is 14.8 Å². The Bertz CT molecular complexity index is 1220. The van der Waals surface area contributed by atoms with Gasteiger partial charge in [0.25, 0.3) is 0 Å². The molecule has 0 bridgehead atoms. The zero-order chi connectivity index (χ0) is 22.0. The van der Waals surface area contributed by atoms with Gasteiger partial charge in [0.15, 0.2) is 0 Å². The highest BCUT2D eigenvalue weighted by Gasteiger charge is 2.29. The van der Waals surface area contributed by atoms with Crippen LogP contribution in [0.5, 0.6) is 5.75 Å². The van der Waals surface area contributed by atoms with Crippen molar-refractivity contribution in [3.05, 3.63) is 47.0 Å². The van der Waals surface area contributed by atoms with Crippen molar-refractivity contribution in [3.63, 3.8) is 0 Å². The number of nitrogens with zero attached hydrogens (tertiary/aromatic N) is 2. The van der Waals surface area contributed by atoms with Crippen LogP contribution in [0.1, 0.15) is 10.6 Å². The molecule has 0 unspecified atom stereocenters. The normalized spacial score (nSPS) is 15.2. The van der Waals surface area contributed by atoms with E-state index < -0.39 is 10.0 Å². The fourth-order valence-corrected chi connectivity index (χ4v) is 5.95. The van der Waals surface area contributed by atoms with Crippen LogP contribution in [0, 0.1) is 6.92 Å². The van der Waals surface area contributed by atoms with E-state index in [1.807, 2.05) is 25.1 Å². The molecule has 2 aromatic carbocycles. The number of sulfonamides is 1. The Hall–Kier alpha value is -2.53. The average molecular weight is 462 g/mol. The van der Waals surface area contributed by atoms with Crippen molar-refractivity contribution in [1.82, 2.24) is 9.29 Å². The van der Waals surface area contributed by atoms with Crippen molar-refractivity contribution in [2.45, 2.75) is 18.2 Å². The fraction of sp³-hybridized carbons (Fsp3) is 0.333. The summed E-state index contributed by atoms with van der Waals surface area (Å²) in [6.07, 6.45) is 0.0371. The van der Waals surface area contributed by atoms with E-state index in [1.165, 1.54) is 17.5 Å². The number of amides is 1. The molecule has 3 aromatic rings. The lowest BCUT2D eigenvalue weighted by atomic mass is 10.1. The molecule has 1 fully saturated rings. The first kappa shape index (κ1) is 21.7. The number of carbonyl (C=O) groups is 1. The molecule has 31 heavy (non-hydrogen) atoms. The van der Waals surface area contributed by atoms with Crippen LogP contribution in [0.15, 0.2) is 41.3 Å². The van der Waals surface area contributed by atoms with Crippen LogP contribution in [0.3, 0.4) is 0 Å². The van der Waals surface area contributed by atoms with Gasteiger partial charge >= 0.3 is 0 Å². The molecule has 0 atom stereocenters. The summed E-state index contributed by atoms with van der Waals surface area (Å²) in [5.74, 6) is 0.0159. The number of anilines is 1. The van der Waals surface area contributed by atoms with E-state index in [9.17, 15) is 13.2 Å². The van der Waals surface area contributed by atoms with Gasteiger partial charge in [0.1, 0.15) is 10.6 Å². The molecule has 10 heteroatoms. The second-order valence-electron chi connectivity index (χ2n) is 7.14. The maximum atomic E-state index is 13.1. The lowest BCUT2D eigenvalue weighted by molar-refractivity contribution is -0.115. The molecular formula is C21H23N3O5S2. The molecule has 1 aliphatic rings. The van der Waals surface area contributed by atoms with E-state index in [-0.39, 0.29) is 36.1 Å². The van der Waals surface area contributed by atoms with Gasteiger partial charge in [-0.05, 0) is 42.8 Å². The van der Waals surface area contributed by atoms with E-state index in [0.717, 1.165) is 15.2 Å². The Morgan fingerprint density at radius 2 is 2.00 bits per heavy atom. The topological polar surface area (TPSA) is 97.8 Å². The summed E-state index contributed by atoms with van der Waals surface area (Å²) < 4.78 is 39.1. The smallest absolute Gasteiger partial charge is 0.246 e. The van der Waals surface area contributed by atoms with E-state index in [2.05, 4.69) is 10.3 Å². The minimum absolute atomic E-state index is 0.0371. The number of nitrogens with one attached hydrogen (secondary N) is 1. The maximum Gasteiger partial charge on any atom is 0.246 e. The van der Waals surface area contributed by atoms with Crippen LogP contribution in [-0.2, 0) is 26.0 Å². The maximum absolute atomic E-state index is 13.1. The Balaban J connectivity index is 1.53. The minimum Gasteiger partial charge on any atom is -0.495 e. The van der Waals surface area contributed by atoms with Crippen LogP contribution in [0.2, 0.25) is 0 Å². The van der Waals surface area contributed by atoms with Crippen LogP contribution >= 0.6 is 11.3 Å². The van der Waals surface area contributed by atoms with Gasteiger partial charge in [-0.25, -0.2) is 13.4 Å². The number of hydrogen-bond donors (Lipinski definition) is 1. The van der Waals surface area contributed by atoms with Crippen molar-refractivity contribution >= 4 is 43.2 Å². The van der Waals surface area contributed by atoms with Gasteiger partial charge in [0.2, 0.25) is 15.9 Å². The highest BCUT2D eigenvalue weighted by Crippen LogP contribution is 2.29. The Morgan fingerprint density at radius 1 is 1.23 bits per heavy atom. The Kier molecular flexibility index (Phi) is 6.24. The van der Waals surface area contributed by atoms with Gasteiger partial charge in [-0.15, -0.1) is 11.3 Å². The van der Waals surface area contributed by atoms with Crippen molar-refractivity contribution < 1.29 is 22.7 Å². The molecule has 8 nitrogen and oxygen atoms in total. The van der Waals surface area contributed by atoms with Crippen molar-refractivity contribution in [3.8, 4) is 5.75 Å². The van der Waals surface area contributed by atoms with Crippen LogP contribution in [-0.4, -0.2) is 57.0 Å². The number of aryl methyl sites for hydroxylation is 1. The Labute approximate surface area is 184 Å². The first-order valence-corrected chi connectivity index (χ1v) is 12.0. The summed E-state index contributed by atoms with van der Waals surface area (Å²) in [5, 5.41) is 3.84. The molecule has 1 aliphatic heterocycles. The van der Waals surface area contributed by atoms with Crippen molar-refractivity contribution in [2.75, 3.05) is 38.7 Å². The third-order valence-corrected chi connectivity index (χ3v) is 7.81. The highest BCUT2D eigenvalue weighted by atomic mass is 32.2. The summed E-state index contributed by atoms with van der Waals surface area (Å²) in [6.45, 7) is 3.22. The van der Waals surface area contributed by atoms with E-state index in [4.69, 9.17) is 9.47 Å². The number of carbonyl (C=O) groups excluding carboxylic acids is 1. The molecule has 0 spiro atoms. The standard InChI is InChI=1S/C21H23N3O5S2/c1-14-22-17-5-4-16(13-19(17)30-14)23-21(25)12-15-3-6-18(28-2)20(11-15)31(26,27)24-7-9-29-10-8-24/h3-6,11,13H,7-10,12H2,1-2H3,(H,23,25). The molecule has 2 heterocycles. The number of morpholine rings is 1. The van der Waals surface area contributed by atoms with Crippen molar-refractivity contribution in [2.24, 2.45) is 0 Å². The number of methoxy groups -OCH3 is 1. The third kappa shape index (κ3) is 4.72. The number of thiazole rings is 1. The molecular weight excluding hydrogens is 438 g/mol.